The van der Waals surface area contributed by atoms with E-state index in [4.69, 9.17) is 5.73 Å². The van der Waals surface area contributed by atoms with Crippen LogP contribution in [0.15, 0.2) is 35.1 Å². The molecule has 6 heteroatoms. The van der Waals surface area contributed by atoms with E-state index in [2.05, 4.69) is 17.1 Å². The van der Waals surface area contributed by atoms with Gasteiger partial charge in [-0.3, -0.25) is 9.36 Å². The summed E-state index contributed by atoms with van der Waals surface area (Å²) in [4.78, 5) is 18.8. The molecule has 122 valence electrons. The molecular weight excluding hydrogens is 302 g/mol. The minimum atomic E-state index is -0.431. The van der Waals surface area contributed by atoms with Gasteiger partial charge in [0.2, 0.25) is 5.95 Å². The van der Waals surface area contributed by atoms with E-state index in [1.54, 1.807) is 13.0 Å². The highest BCUT2D eigenvalue weighted by atomic mass is 16.1. The van der Waals surface area contributed by atoms with Gasteiger partial charge in [0.25, 0.3) is 5.56 Å². The van der Waals surface area contributed by atoms with Crippen molar-refractivity contribution in [2.24, 2.45) is 0 Å². The number of hydrogen-bond acceptors (Lipinski definition) is 5. The number of allylic oxidation sites excluding steroid dienone is 1. The van der Waals surface area contributed by atoms with Crippen LogP contribution in [-0.2, 0) is 12.8 Å². The lowest BCUT2D eigenvalue weighted by molar-refractivity contribution is 0.782. The zero-order valence-corrected chi connectivity index (χ0v) is 13.6. The number of hydrogen-bond donors (Lipinski definition) is 1. The van der Waals surface area contributed by atoms with Crippen molar-refractivity contribution < 1.29 is 0 Å². The van der Waals surface area contributed by atoms with E-state index in [9.17, 15) is 10.1 Å². The zero-order valence-electron chi connectivity index (χ0n) is 13.6. The lowest BCUT2D eigenvalue weighted by Crippen LogP contribution is -2.33. The van der Waals surface area contributed by atoms with Crippen LogP contribution in [0.5, 0.6) is 0 Å². The van der Waals surface area contributed by atoms with Crippen molar-refractivity contribution >= 4 is 18.0 Å². The van der Waals surface area contributed by atoms with Crippen LogP contribution in [0.1, 0.15) is 23.6 Å². The monoisotopic (exact) mass is 321 g/mol. The van der Waals surface area contributed by atoms with Gasteiger partial charge >= 0.3 is 0 Å². The molecule has 1 aromatic heterocycles. The molecule has 0 unspecified atom stereocenters. The Labute approximate surface area is 140 Å². The first kappa shape index (κ1) is 15.8. The standard InChI is InChI=1S/C18H19N5O/c1-2-9-23-17(24)15(12-19)16(21-18(23)20)22-10-7-13-5-3-4-6-14(13)8-11-22/h2-6,9H,7-8,10-11H2,1H3,(H2,20,21)/b9-2-. The van der Waals surface area contributed by atoms with Crippen molar-refractivity contribution in [2.75, 3.05) is 23.7 Å². The summed E-state index contributed by atoms with van der Waals surface area (Å²) in [6.07, 6.45) is 4.90. The van der Waals surface area contributed by atoms with Gasteiger partial charge in [-0.25, -0.2) is 0 Å². The third kappa shape index (κ3) is 2.76. The molecule has 6 nitrogen and oxygen atoms in total. The number of nitrogens with zero attached hydrogens (tertiary/aromatic N) is 4. The third-order valence-electron chi connectivity index (χ3n) is 4.25. The van der Waals surface area contributed by atoms with Crippen LogP contribution in [0.25, 0.3) is 6.20 Å². The second-order valence-corrected chi connectivity index (χ2v) is 5.69. The Balaban J connectivity index is 2.02. The molecule has 24 heavy (non-hydrogen) atoms. The maximum Gasteiger partial charge on any atom is 0.279 e. The van der Waals surface area contributed by atoms with E-state index in [-0.39, 0.29) is 11.5 Å². The summed E-state index contributed by atoms with van der Waals surface area (Å²) in [5.41, 5.74) is 8.13. The molecule has 2 N–H and O–H groups in total. The quantitative estimate of drug-likeness (QED) is 0.911. The van der Waals surface area contributed by atoms with Gasteiger partial charge in [-0.15, -0.1) is 0 Å². The van der Waals surface area contributed by atoms with Crippen molar-refractivity contribution in [3.05, 3.63) is 57.4 Å². The van der Waals surface area contributed by atoms with Crippen molar-refractivity contribution in [1.82, 2.24) is 9.55 Å². The van der Waals surface area contributed by atoms with E-state index in [1.807, 2.05) is 23.1 Å². The first-order valence-corrected chi connectivity index (χ1v) is 7.92. The summed E-state index contributed by atoms with van der Waals surface area (Å²) < 4.78 is 1.20. The van der Waals surface area contributed by atoms with Gasteiger partial charge in [0.1, 0.15) is 6.07 Å². The second kappa shape index (κ2) is 6.59. The van der Waals surface area contributed by atoms with Crippen LogP contribution in [0.3, 0.4) is 0 Å². The molecule has 0 atom stereocenters. The van der Waals surface area contributed by atoms with Gasteiger partial charge in [0.15, 0.2) is 11.4 Å². The molecular formula is C18H19N5O. The Hall–Kier alpha value is -3.07. The third-order valence-corrected chi connectivity index (χ3v) is 4.25. The van der Waals surface area contributed by atoms with Gasteiger partial charge in [-0.1, -0.05) is 30.3 Å². The van der Waals surface area contributed by atoms with Crippen molar-refractivity contribution in [3.8, 4) is 6.07 Å². The fraction of sp³-hybridized carbons (Fsp3) is 0.278. The Bertz CT molecular complexity index is 864. The van der Waals surface area contributed by atoms with Gasteiger partial charge in [0.05, 0.1) is 0 Å². The zero-order chi connectivity index (χ0) is 17.1. The summed E-state index contributed by atoms with van der Waals surface area (Å²) in [5, 5.41) is 9.46. The topological polar surface area (TPSA) is 87.9 Å². The first-order chi connectivity index (χ1) is 11.7. The molecule has 0 bridgehead atoms. The lowest BCUT2D eigenvalue weighted by atomic mass is 10.0. The molecule has 1 aliphatic heterocycles. The first-order valence-electron chi connectivity index (χ1n) is 7.92. The van der Waals surface area contributed by atoms with Gasteiger partial charge in [-0.05, 0) is 30.9 Å². The van der Waals surface area contributed by atoms with E-state index in [0.29, 0.717) is 18.9 Å². The molecule has 2 heterocycles. The number of nitrogens with two attached hydrogens (primary N) is 1. The molecule has 1 aromatic carbocycles. The molecule has 0 fully saturated rings. The van der Waals surface area contributed by atoms with Gasteiger partial charge < -0.3 is 10.6 Å². The van der Waals surface area contributed by atoms with Crippen molar-refractivity contribution in [1.29, 1.82) is 5.26 Å². The smallest absolute Gasteiger partial charge is 0.279 e. The van der Waals surface area contributed by atoms with Crippen molar-refractivity contribution in [3.63, 3.8) is 0 Å². The molecule has 0 radical (unpaired) electrons. The van der Waals surface area contributed by atoms with E-state index in [1.165, 1.54) is 21.9 Å². The van der Waals surface area contributed by atoms with Crippen LogP contribution in [0.4, 0.5) is 11.8 Å². The average Bonchev–Trinajstić information content (AvgIpc) is 2.81. The molecule has 0 aliphatic carbocycles. The Morgan fingerprint density at radius 3 is 2.42 bits per heavy atom. The van der Waals surface area contributed by atoms with E-state index >= 15 is 0 Å². The van der Waals surface area contributed by atoms with Crippen molar-refractivity contribution in [2.45, 2.75) is 19.8 Å². The second-order valence-electron chi connectivity index (χ2n) is 5.69. The molecule has 2 aromatic rings. The number of fused-ring (bicyclic) bond motifs is 1. The largest absolute Gasteiger partial charge is 0.369 e. The number of rotatable bonds is 2. The maximum absolute atomic E-state index is 12.5. The fourth-order valence-electron chi connectivity index (χ4n) is 3.04. The Morgan fingerprint density at radius 1 is 1.25 bits per heavy atom. The molecule has 0 saturated heterocycles. The van der Waals surface area contributed by atoms with Crippen LogP contribution < -0.4 is 16.2 Å². The predicted octanol–water partition coefficient (Wildman–Crippen LogP) is 1.79. The van der Waals surface area contributed by atoms with Gasteiger partial charge in [0, 0.05) is 19.3 Å². The molecule has 0 spiro atoms. The minimum Gasteiger partial charge on any atom is -0.369 e. The number of nitrogen functional groups attached to an aromatic ring is 1. The summed E-state index contributed by atoms with van der Waals surface area (Å²) in [7, 11) is 0. The molecule has 3 rings (SSSR count). The summed E-state index contributed by atoms with van der Waals surface area (Å²) in [6.45, 7) is 3.17. The number of nitriles is 1. The minimum absolute atomic E-state index is 0.0354. The molecule has 0 amide bonds. The Kier molecular flexibility index (Phi) is 4.34. The van der Waals surface area contributed by atoms with Gasteiger partial charge in [-0.2, -0.15) is 10.2 Å². The summed E-state index contributed by atoms with van der Waals surface area (Å²) in [5.74, 6) is 0.474. The summed E-state index contributed by atoms with van der Waals surface area (Å²) in [6, 6.07) is 10.3. The van der Waals surface area contributed by atoms with Crippen LogP contribution >= 0.6 is 0 Å². The normalized spacial score (nSPS) is 14.2. The van der Waals surface area contributed by atoms with Crippen LogP contribution in [0, 0.1) is 11.3 Å². The number of anilines is 2. The molecule has 0 saturated carbocycles. The van der Waals surface area contributed by atoms with E-state index < -0.39 is 5.56 Å². The number of aromatic nitrogens is 2. The average molecular weight is 321 g/mol. The highest BCUT2D eigenvalue weighted by molar-refractivity contribution is 5.57. The maximum atomic E-state index is 12.5. The van der Waals surface area contributed by atoms with Crippen LogP contribution in [-0.4, -0.2) is 22.6 Å². The SMILES string of the molecule is C/C=C\n1c(N)nc(N2CCc3ccccc3CC2)c(C#N)c1=O. The Morgan fingerprint density at radius 2 is 1.88 bits per heavy atom. The highest BCUT2D eigenvalue weighted by Gasteiger charge is 2.21. The number of benzene rings is 1. The van der Waals surface area contributed by atoms with Crippen LogP contribution in [0.2, 0.25) is 0 Å². The lowest BCUT2D eigenvalue weighted by Gasteiger charge is -2.23. The van der Waals surface area contributed by atoms with E-state index in [0.717, 1.165) is 12.8 Å². The molecule has 1 aliphatic rings. The highest BCUT2D eigenvalue weighted by Crippen LogP contribution is 2.22. The summed E-state index contributed by atoms with van der Waals surface area (Å²) >= 11 is 0. The fourth-order valence-corrected chi connectivity index (χ4v) is 3.04. The predicted molar refractivity (Wildman–Crippen MR) is 94.7 cm³/mol.